The van der Waals surface area contributed by atoms with E-state index in [4.69, 9.17) is 4.74 Å². The summed E-state index contributed by atoms with van der Waals surface area (Å²) in [6, 6.07) is 12.7. The molecule has 0 spiro atoms. The van der Waals surface area contributed by atoms with Gasteiger partial charge in [-0.3, -0.25) is 14.4 Å². The van der Waals surface area contributed by atoms with Gasteiger partial charge in [0.1, 0.15) is 23.9 Å². The summed E-state index contributed by atoms with van der Waals surface area (Å²) in [5.41, 5.74) is 2.71. The van der Waals surface area contributed by atoms with Gasteiger partial charge in [-0.1, -0.05) is 58.0 Å². The van der Waals surface area contributed by atoms with E-state index in [1.54, 1.807) is 19.3 Å². The number of ether oxygens (including phenoxy) is 1. The predicted octanol–water partition coefficient (Wildman–Crippen LogP) is 3.13. The number of fused-ring (bicyclic) bond motifs is 11. The molecular formula is C31H39N5O4. The minimum Gasteiger partial charge on any atom is -0.487 e. The zero-order valence-electron chi connectivity index (χ0n) is 23.7. The van der Waals surface area contributed by atoms with E-state index in [9.17, 15) is 14.4 Å². The lowest BCUT2D eigenvalue weighted by molar-refractivity contribution is -0.135. The molecule has 5 rings (SSSR count). The molecule has 3 aromatic rings. The van der Waals surface area contributed by atoms with E-state index < -0.39 is 30.1 Å². The largest absolute Gasteiger partial charge is 0.487 e. The van der Waals surface area contributed by atoms with Crippen LogP contribution in [0.2, 0.25) is 0 Å². The second-order valence-electron chi connectivity index (χ2n) is 10.9. The molecule has 9 nitrogen and oxygen atoms in total. The molecular weight excluding hydrogens is 506 g/mol. The van der Waals surface area contributed by atoms with Gasteiger partial charge in [-0.05, 0) is 54.3 Å². The number of amides is 3. The third-order valence-corrected chi connectivity index (χ3v) is 7.21. The molecule has 2 aliphatic heterocycles. The average molecular weight is 546 g/mol. The lowest BCUT2D eigenvalue weighted by atomic mass is 9.96. The van der Waals surface area contributed by atoms with Crippen LogP contribution in [0.4, 0.5) is 0 Å². The number of hydrogen-bond donors (Lipinski definition) is 5. The van der Waals surface area contributed by atoms with Crippen molar-refractivity contribution in [2.24, 2.45) is 11.8 Å². The van der Waals surface area contributed by atoms with Crippen LogP contribution in [0.5, 0.6) is 5.75 Å². The fraction of sp³-hybridized carbons (Fsp3) is 0.387. The summed E-state index contributed by atoms with van der Waals surface area (Å²) in [7, 11) is 1.71. The van der Waals surface area contributed by atoms with E-state index >= 15 is 0 Å². The van der Waals surface area contributed by atoms with E-state index in [-0.39, 0.29) is 30.1 Å². The maximum Gasteiger partial charge on any atom is 0.247 e. The molecule has 2 aromatic carbocycles. The third-order valence-electron chi connectivity index (χ3n) is 7.21. The molecule has 40 heavy (non-hydrogen) atoms. The van der Waals surface area contributed by atoms with Crippen LogP contribution in [0.25, 0.3) is 17.0 Å². The van der Waals surface area contributed by atoms with E-state index in [1.165, 1.54) is 0 Å². The van der Waals surface area contributed by atoms with Gasteiger partial charge in [0.25, 0.3) is 0 Å². The number of H-pyrrole nitrogens is 1. The number of hydrogen-bond acceptors (Lipinski definition) is 5. The number of carbonyl (C=O) groups is 3. The first-order chi connectivity index (χ1) is 19.2. The molecule has 9 heteroatoms. The van der Waals surface area contributed by atoms with Crippen LogP contribution in [-0.2, 0) is 20.8 Å². The first-order valence-electron chi connectivity index (χ1n) is 13.7. The highest BCUT2D eigenvalue weighted by Crippen LogP contribution is 2.22. The monoisotopic (exact) mass is 545 g/mol. The van der Waals surface area contributed by atoms with Gasteiger partial charge in [0.15, 0.2) is 0 Å². The van der Waals surface area contributed by atoms with Crippen LogP contribution in [0, 0.1) is 11.8 Å². The lowest BCUT2D eigenvalue weighted by Crippen LogP contribution is -2.62. The highest BCUT2D eigenvalue weighted by Gasteiger charge is 2.37. The minimum absolute atomic E-state index is 0.00952. The Balaban J connectivity index is 1.73. The number of likely N-dealkylation sites (N-methyl/N-ethyl adjacent to an activating group) is 1. The van der Waals surface area contributed by atoms with Crippen molar-refractivity contribution in [3.8, 4) is 5.75 Å². The van der Waals surface area contributed by atoms with Gasteiger partial charge in [0.05, 0.1) is 6.04 Å². The quantitative estimate of drug-likeness (QED) is 0.312. The fourth-order valence-electron chi connectivity index (χ4n) is 5.02. The van der Waals surface area contributed by atoms with Gasteiger partial charge in [-0.2, -0.15) is 0 Å². The zero-order valence-corrected chi connectivity index (χ0v) is 23.7. The van der Waals surface area contributed by atoms with Crippen molar-refractivity contribution in [1.82, 2.24) is 26.3 Å². The topological polar surface area (TPSA) is 124 Å². The summed E-state index contributed by atoms with van der Waals surface area (Å²) in [6.07, 6.45) is 4.75. The highest BCUT2D eigenvalue weighted by atomic mass is 16.5. The Morgan fingerprint density at radius 3 is 2.40 bits per heavy atom. The molecule has 4 atom stereocenters. The molecule has 3 amide bonds. The third kappa shape index (κ3) is 6.71. The average Bonchev–Trinajstić information content (AvgIpc) is 3.33. The zero-order chi connectivity index (χ0) is 28.8. The molecule has 0 radical (unpaired) electrons. The maximum atomic E-state index is 14.0. The van der Waals surface area contributed by atoms with Crippen molar-refractivity contribution in [3.05, 3.63) is 72.1 Å². The molecule has 0 unspecified atom stereocenters. The van der Waals surface area contributed by atoms with E-state index in [0.717, 1.165) is 22.0 Å². The summed E-state index contributed by atoms with van der Waals surface area (Å²) in [4.78, 5) is 44.0. The Kier molecular flexibility index (Phi) is 9.26. The van der Waals surface area contributed by atoms with Crippen molar-refractivity contribution in [3.63, 3.8) is 0 Å². The number of aromatic amines is 1. The van der Waals surface area contributed by atoms with Crippen LogP contribution in [0.15, 0.2) is 60.9 Å². The first kappa shape index (κ1) is 28.9. The van der Waals surface area contributed by atoms with Gasteiger partial charge in [-0.15, -0.1) is 0 Å². The van der Waals surface area contributed by atoms with Gasteiger partial charge in [0, 0.05) is 29.7 Å². The number of carbonyl (C=O) groups excluding carboxylic acids is 3. The second kappa shape index (κ2) is 12.8. The molecule has 0 aliphatic carbocycles. The number of para-hydroxylation sites is 1. The van der Waals surface area contributed by atoms with Gasteiger partial charge >= 0.3 is 0 Å². The fourth-order valence-corrected chi connectivity index (χ4v) is 5.02. The molecule has 1 aromatic heterocycles. The van der Waals surface area contributed by atoms with Crippen LogP contribution in [0.1, 0.15) is 38.8 Å². The molecule has 0 saturated carbocycles. The standard InChI is InChI=1S/C31H39N5O4/c1-18(2)26(32-5)30(38)36-27-28(19(3)4)40-22-12-10-20(11-13-22)14-15-33-29(37)25(35-31(27)39)16-21-17-34-24-9-7-6-8-23(21)24/h6-15,17-19,25-28,32,34H,16H2,1-5H3,(H,33,37)(H,35,39)(H,36,38)/b15-14-/t25-,26+,27-,28-/m1/s1. The van der Waals surface area contributed by atoms with Crippen LogP contribution < -0.4 is 26.0 Å². The van der Waals surface area contributed by atoms with Gasteiger partial charge in [0.2, 0.25) is 17.7 Å². The highest BCUT2D eigenvalue weighted by molar-refractivity contribution is 5.94. The summed E-state index contributed by atoms with van der Waals surface area (Å²) in [5.74, 6) is -0.757. The Morgan fingerprint density at radius 2 is 1.73 bits per heavy atom. The number of nitrogens with one attached hydrogen (secondary N) is 5. The lowest BCUT2D eigenvalue weighted by Gasteiger charge is -2.33. The minimum atomic E-state index is -1.06. The molecule has 5 N–H and O–H groups in total. The summed E-state index contributed by atoms with van der Waals surface area (Å²) in [6.45, 7) is 7.74. The van der Waals surface area contributed by atoms with Crippen molar-refractivity contribution in [2.45, 2.75) is 58.3 Å². The molecule has 2 aliphatic rings. The SMILES string of the molecule is CN[C@H](C(=O)N[C@H]1C(=O)N[C@H](Cc2c[nH]c3ccccc23)C(=O)N/C=C\c2ccc(cc2)O[C@@H]1C(C)C)C(C)C. The van der Waals surface area contributed by atoms with Gasteiger partial charge < -0.3 is 31.0 Å². The van der Waals surface area contributed by atoms with Crippen molar-refractivity contribution in [1.29, 1.82) is 0 Å². The van der Waals surface area contributed by atoms with Crippen molar-refractivity contribution >= 4 is 34.7 Å². The normalized spacial score (nSPS) is 21.4. The predicted molar refractivity (Wildman–Crippen MR) is 156 cm³/mol. The summed E-state index contributed by atoms with van der Waals surface area (Å²) >= 11 is 0. The van der Waals surface area contributed by atoms with Gasteiger partial charge in [-0.25, -0.2) is 0 Å². The van der Waals surface area contributed by atoms with Crippen LogP contribution in [0.3, 0.4) is 0 Å². The van der Waals surface area contributed by atoms with E-state index in [1.807, 2.05) is 82.4 Å². The Bertz CT molecular complexity index is 1360. The van der Waals surface area contributed by atoms with E-state index in [2.05, 4.69) is 26.3 Å². The van der Waals surface area contributed by atoms with Crippen molar-refractivity contribution in [2.75, 3.05) is 7.05 Å². The Hall–Kier alpha value is -4.11. The van der Waals surface area contributed by atoms with Crippen molar-refractivity contribution < 1.29 is 19.1 Å². The Morgan fingerprint density at radius 1 is 1.00 bits per heavy atom. The van der Waals surface area contributed by atoms with E-state index in [0.29, 0.717) is 5.75 Å². The number of rotatable bonds is 7. The van der Waals surface area contributed by atoms with Crippen LogP contribution in [-0.4, -0.2) is 54.0 Å². The molecule has 2 bridgehead atoms. The number of benzene rings is 2. The maximum absolute atomic E-state index is 14.0. The summed E-state index contributed by atoms with van der Waals surface area (Å²) < 4.78 is 6.33. The number of aromatic nitrogens is 1. The summed E-state index contributed by atoms with van der Waals surface area (Å²) in [5, 5.41) is 12.7. The van der Waals surface area contributed by atoms with Crippen LogP contribution >= 0.6 is 0 Å². The first-order valence-corrected chi connectivity index (χ1v) is 13.7. The Labute approximate surface area is 235 Å². The molecule has 0 fully saturated rings. The molecule has 212 valence electrons. The smallest absolute Gasteiger partial charge is 0.247 e. The molecule has 0 saturated heterocycles. The second-order valence-corrected chi connectivity index (χ2v) is 10.9. The molecule has 3 heterocycles.